The van der Waals surface area contributed by atoms with Gasteiger partial charge in [0.05, 0.1) is 5.56 Å². The van der Waals surface area contributed by atoms with Crippen molar-refractivity contribution in [2.24, 2.45) is 5.73 Å². The van der Waals surface area contributed by atoms with Crippen LogP contribution in [0.25, 0.3) is 0 Å². The van der Waals surface area contributed by atoms with Crippen LogP contribution in [0.2, 0.25) is 0 Å². The molecule has 1 unspecified atom stereocenters. The zero-order chi connectivity index (χ0) is 13.8. The Labute approximate surface area is 105 Å². The van der Waals surface area contributed by atoms with E-state index in [2.05, 4.69) is 6.58 Å². The van der Waals surface area contributed by atoms with E-state index in [1.54, 1.807) is 0 Å². The van der Waals surface area contributed by atoms with Crippen molar-refractivity contribution in [1.29, 1.82) is 0 Å². The zero-order valence-electron chi connectivity index (χ0n) is 10.4. The molecule has 1 nitrogen and oxygen atoms in total. The first kappa shape index (κ1) is 14.8. The molecular formula is C14H18F3N. The molecule has 1 atom stereocenters. The van der Waals surface area contributed by atoms with Gasteiger partial charge in [-0.25, -0.2) is 0 Å². The molecule has 100 valence electrons. The summed E-state index contributed by atoms with van der Waals surface area (Å²) in [6, 6.07) is 5.07. The molecule has 0 aromatic heterocycles. The minimum Gasteiger partial charge on any atom is -0.327 e. The van der Waals surface area contributed by atoms with E-state index in [9.17, 15) is 13.2 Å². The molecule has 0 saturated heterocycles. The van der Waals surface area contributed by atoms with Gasteiger partial charge in [0.25, 0.3) is 0 Å². The molecule has 2 N–H and O–H groups in total. The van der Waals surface area contributed by atoms with Gasteiger partial charge in [0.2, 0.25) is 0 Å². The quantitative estimate of drug-likeness (QED) is 0.795. The van der Waals surface area contributed by atoms with Crippen LogP contribution in [0.3, 0.4) is 0 Å². The Bertz CT molecular complexity index is 392. The number of hydrogen-bond acceptors (Lipinski definition) is 1. The largest absolute Gasteiger partial charge is 0.416 e. The van der Waals surface area contributed by atoms with Gasteiger partial charge in [-0.05, 0) is 37.0 Å². The third-order valence-corrected chi connectivity index (χ3v) is 2.83. The summed E-state index contributed by atoms with van der Waals surface area (Å²) in [6.45, 7) is 5.88. The highest BCUT2D eigenvalue weighted by Gasteiger charge is 2.29. The van der Waals surface area contributed by atoms with Crippen LogP contribution in [0, 0.1) is 0 Å². The summed E-state index contributed by atoms with van der Waals surface area (Å²) in [4.78, 5) is 0. The SMILES string of the molecule is C=C(CC)CC(N)Cc1ccc(C(F)(F)F)cc1. The number of halogens is 3. The molecule has 1 rings (SSSR count). The molecule has 0 aliphatic carbocycles. The Hall–Kier alpha value is -1.29. The Morgan fingerprint density at radius 2 is 1.83 bits per heavy atom. The van der Waals surface area contributed by atoms with Gasteiger partial charge in [-0.1, -0.05) is 31.2 Å². The normalized spacial score (nSPS) is 13.4. The van der Waals surface area contributed by atoms with E-state index in [0.29, 0.717) is 12.8 Å². The van der Waals surface area contributed by atoms with Crippen molar-refractivity contribution < 1.29 is 13.2 Å². The summed E-state index contributed by atoms with van der Waals surface area (Å²) in [5, 5.41) is 0. The molecule has 0 radical (unpaired) electrons. The summed E-state index contributed by atoms with van der Waals surface area (Å²) < 4.78 is 37.1. The summed E-state index contributed by atoms with van der Waals surface area (Å²) in [5.41, 5.74) is 7.18. The summed E-state index contributed by atoms with van der Waals surface area (Å²) >= 11 is 0. The molecule has 0 heterocycles. The highest BCUT2D eigenvalue weighted by Crippen LogP contribution is 2.29. The topological polar surface area (TPSA) is 26.0 Å². The number of alkyl halides is 3. The van der Waals surface area contributed by atoms with Gasteiger partial charge in [0.1, 0.15) is 0 Å². The van der Waals surface area contributed by atoms with Crippen LogP contribution in [-0.4, -0.2) is 6.04 Å². The van der Waals surface area contributed by atoms with Crippen molar-refractivity contribution >= 4 is 0 Å². The molecule has 0 spiro atoms. The summed E-state index contributed by atoms with van der Waals surface area (Å²) in [7, 11) is 0. The van der Waals surface area contributed by atoms with Crippen molar-refractivity contribution in [2.75, 3.05) is 0 Å². The predicted molar refractivity (Wildman–Crippen MR) is 67.2 cm³/mol. The van der Waals surface area contributed by atoms with Crippen LogP contribution >= 0.6 is 0 Å². The average Bonchev–Trinajstić information content (AvgIpc) is 2.28. The molecule has 4 heteroatoms. The second kappa shape index (κ2) is 6.05. The summed E-state index contributed by atoms with van der Waals surface area (Å²) in [6.07, 6.45) is -2.13. The van der Waals surface area contributed by atoms with E-state index in [-0.39, 0.29) is 6.04 Å². The van der Waals surface area contributed by atoms with E-state index in [1.165, 1.54) is 12.1 Å². The molecule has 1 aromatic rings. The van der Waals surface area contributed by atoms with Crippen LogP contribution in [0.15, 0.2) is 36.4 Å². The maximum absolute atomic E-state index is 12.4. The fraction of sp³-hybridized carbons (Fsp3) is 0.429. The molecule has 1 aromatic carbocycles. The molecule has 0 fully saturated rings. The van der Waals surface area contributed by atoms with Crippen molar-refractivity contribution in [1.82, 2.24) is 0 Å². The van der Waals surface area contributed by atoms with Crippen molar-refractivity contribution in [3.05, 3.63) is 47.5 Å². The van der Waals surface area contributed by atoms with Crippen LogP contribution in [-0.2, 0) is 12.6 Å². The number of nitrogens with two attached hydrogens (primary N) is 1. The first-order valence-electron chi connectivity index (χ1n) is 5.91. The average molecular weight is 257 g/mol. The summed E-state index contributed by atoms with van der Waals surface area (Å²) in [5.74, 6) is 0. The third-order valence-electron chi connectivity index (χ3n) is 2.83. The maximum Gasteiger partial charge on any atom is 0.416 e. The minimum absolute atomic E-state index is 0.0887. The van der Waals surface area contributed by atoms with Crippen LogP contribution < -0.4 is 5.73 Å². The molecule has 0 aliphatic rings. The first-order valence-corrected chi connectivity index (χ1v) is 5.91. The van der Waals surface area contributed by atoms with Crippen molar-refractivity contribution in [2.45, 2.75) is 38.4 Å². The zero-order valence-corrected chi connectivity index (χ0v) is 10.4. The van der Waals surface area contributed by atoms with Gasteiger partial charge in [0, 0.05) is 6.04 Å². The first-order chi connectivity index (χ1) is 8.32. The number of hydrogen-bond donors (Lipinski definition) is 1. The van der Waals surface area contributed by atoms with Gasteiger partial charge in [-0.3, -0.25) is 0 Å². The lowest BCUT2D eigenvalue weighted by atomic mass is 9.99. The lowest BCUT2D eigenvalue weighted by Gasteiger charge is -2.13. The predicted octanol–water partition coefficient (Wildman–Crippen LogP) is 3.93. The maximum atomic E-state index is 12.4. The van der Waals surface area contributed by atoms with Gasteiger partial charge in [-0.2, -0.15) is 13.2 Å². The number of benzene rings is 1. The Balaban J connectivity index is 2.61. The van der Waals surface area contributed by atoms with Crippen molar-refractivity contribution in [3.63, 3.8) is 0 Å². The Morgan fingerprint density at radius 3 is 2.28 bits per heavy atom. The third kappa shape index (κ3) is 4.53. The van der Waals surface area contributed by atoms with E-state index in [0.717, 1.165) is 29.7 Å². The highest BCUT2D eigenvalue weighted by molar-refractivity contribution is 5.25. The molecule has 18 heavy (non-hydrogen) atoms. The van der Waals surface area contributed by atoms with Gasteiger partial charge in [-0.15, -0.1) is 0 Å². The number of rotatable bonds is 5. The Morgan fingerprint density at radius 1 is 1.28 bits per heavy atom. The minimum atomic E-state index is -4.28. The lowest BCUT2D eigenvalue weighted by molar-refractivity contribution is -0.137. The van der Waals surface area contributed by atoms with Gasteiger partial charge < -0.3 is 5.73 Å². The monoisotopic (exact) mass is 257 g/mol. The van der Waals surface area contributed by atoms with Crippen LogP contribution in [0.5, 0.6) is 0 Å². The second-order valence-corrected chi connectivity index (χ2v) is 4.47. The standard InChI is InChI=1S/C14H18F3N/c1-3-10(2)8-13(18)9-11-4-6-12(7-5-11)14(15,16)17/h4-7,13H,2-3,8-9,18H2,1H3. The molecule has 0 saturated carbocycles. The Kier molecular flexibility index (Phi) is 4.96. The van der Waals surface area contributed by atoms with E-state index in [4.69, 9.17) is 5.73 Å². The molecule has 0 aliphatic heterocycles. The van der Waals surface area contributed by atoms with Crippen LogP contribution in [0.4, 0.5) is 13.2 Å². The fourth-order valence-corrected chi connectivity index (χ4v) is 1.72. The molecule has 0 amide bonds. The van der Waals surface area contributed by atoms with Gasteiger partial charge >= 0.3 is 6.18 Å². The molecule has 0 bridgehead atoms. The lowest BCUT2D eigenvalue weighted by Crippen LogP contribution is -2.23. The second-order valence-electron chi connectivity index (χ2n) is 4.47. The highest BCUT2D eigenvalue weighted by atomic mass is 19.4. The van der Waals surface area contributed by atoms with E-state index < -0.39 is 11.7 Å². The molecular weight excluding hydrogens is 239 g/mol. The van der Waals surface area contributed by atoms with Crippen molar-refractivity contribution in [3.8, 4) is 0 Å². The van der Waals surface area contributed by atoms with E-state index >= 15 is 0 Å². The van der Waals surface area contributed by atoms with E-state index in [1.807, 2.05) is 6.92 Å². The van der Waals surface area contributed by atoms with Gasteiger partial charge in [0.15, 0.2) is 0 Å². The fourth-order valence-electron chi connectivity index (χ4n) is 1.72. The van der Waals surface area contributed by atoms with Crippen LogP contribution in [0.1, 0.15) is 30.9 Å². The smallest absolute Gasteiger partial charge is 0.327 e.